The highest BCUT2D eigenvalue weighted by atomic mass is 15.2. The second-order valence-electron chi connectivity index (χ2n) is 25.9. The first-order chi connectivity index (χ1) is 45.1. The molecule has 432 valence electrons. The Morgan fingerprint density at radius 1 is 0.242 bits per heavy atom. The van der Waals surface area contributed by atoms with Crippen molar-refractivity contribution in [2.45, 2.75) is 44.2 Å². The highest BCUT2D eigenvalue weighted by Crippen LogP contribution is 2.57. The number of benzene rings is 13. The molecule has 4 aliphatic heterocycles. The molecule has 2 aliphatic carbocycles. The van der Waals surface area contributed by atoms with Crippen LogP contribution in [0.4, 0.5) is 39.8 Å². The molecule has 4 heterocycles. The predicted molar refractivity (Wildman–Crippen MR) is 384 cm³/mol. The number of hydrogen-bond acceptors (Lipinski definition) is 3. The average Bonchev–Trinajstić information content (AvgIpc) is 0.722. The van der Waals surface area contributed by atoms with E-state index >= 15 is 0 Å². The van der Waals surface area contributed by atoms with Gasteiger partial charge in [0.05, 0.1) is 11.4 Å². The smallest absolute Gasteiger partial charge is 0.252 e. The molecule has 4 heteroatoms. The van der Waals surface area contributed by atoms with Gasteiger partial charge in [0.25, 0.3) is 6.71 Å². The summed E-state index contributed by atoms with van der Waals surface area (Å²) in [6.45, 7) is -0.146. The normalized spacial score (nSPS) is 17.4. The summed E-state index contributed by atoms with van der Waals surface area (Å²) >= 11 is 0. The zero-order valence-electron chi connectivity index (χ0n) is 50.8. The minimum Gasteiger partial charge on any atom is -0.365 e. The number of nitrogens with zero attached hydrogens (tertiary/aromatic N) is 3. The third-order valence-electron chi connectivity index (χ3n) is 20.7. The van der Waals surface area contributed by atoms with Gasteiger partial charge in [0.15, 0.2) is 0 Å². The van der Waals surface area contributed by atoms with Crippen molar-refractivity contribution < 1.29 is 0 Å². The molecule has 2 saturated heterocycles. The van der Waals surface area contributed by atoms with Crippen LogP contribution < -0.4 is 31.1 Å². The lowest BCUT2D eigenvalue weighted by Gasteiger charge is -2.57. The summed E-state index contributed by atoms with van der Waals surface area (Å²) in [6, 6.07) is 120. The topological polar surface area (TPSA) is 9.72 Å². The Hall–Kier alpha value is -10.7. The molecule has 0 N–H and O–H groups in total. The Bertz CT molecular complexity index is 4720. The van der Waals surface area contributed by atoms with Crippen LogP contribution in [0, 0.1) is 11.8 Å². The van der Waals surface area contributed by atoms with E-state index in [0.717, 1.165) is 56.6 Å². The molecule has 13 aromatic carbocycles. The Balaban J connectivity index is 1.01. The molecule has 0 spiro atoms. The maximum absolute atomic E-state index is 2.90. The SMILES string of the molecule is c1ccc(-c2cc(-c3ccccc3)c(N3c4cc(-c5ccccc5)ccc4B4c5ccc(N6C7CC8CC(C7)CC6C8)cc5N(c5c(-c6ccccc6)cc(-c6ccccc6)cc5-c5ccccc5)c5cc(-c6ccccc6)cc3c54)c(-c3ccccc3)c2)cc1. The van der Waals surface area contributed by atoms with Crippen molar-refractivity contribution in [1.29, 1.82) is 0 Å². The van der Waals surface area contributed by atoms with Crippen molar-refractivity contribution in [2.75, 3.05) is 14.7 Å². The lowest BCUT2D eigenvalue weighted by atomic mass is 9.33. The van der Waals surface area contributed by atoms with Gasteiger partial charge in [-0.25, -0.2) is 0 Å². The zero-order valence-corrected chi connectivity index (χ0v) is 50.8. The first kappa shape index (κ1) is 53.4. The van der Waals surface area contributed by atoms with E-state index in [2.05, 4.69) is 330 Å². The number of rotatable bonds is 11. The first-order valence-corrected chi connectivity index (χ1v) is 32.8. The zero-order chi connectivity index (χ0) is 59.9. The van der Waals surface area contributed by atoms with Gasteiger partial charge in [-0.3, -0.25) is 0 Å². The lowest BCUT2D eigenvalue weighted by molar-refractivity contribution is 0.0900. The van der Waals surface area contributed by atoms with Crippen molar-refractivity contribution in [1.82, 2.24) is 0 Å². The molecule has 4 bridgehead atoms. The maximum atomic E-state index is 2.90. The molecule has 13 aromatic rings. The van der Waals surface area contributed by atoms with Crippen LogP contribution in [-0.4, -0.2) is 18.8 Å². The molecule has 2 saturated carbocycles. The number of hydrogen-bond donors (Lipinski definition) is 0. The largest absolute Gasteiger partial charge is 0.365 e. The molecular formula is C87H66BN3. The summed E-state index contributed by atoms with van der Waals surface area (Å²) in [4.78, 5) is 8.36. The minimum absolute atomic E-state index is 0.146. The van der Waals surface area contributed by atoms with E-state index in [1.165, 1.54) is 133 Å². The van der Waals surface area contributed by atoms with Gasteiger partial charge in [0.2, 0.25) is 0 Å². The molecule has 0 aromatic heterocycles. The summed E-state index contributed by atoms with van der Waals surface area (Å²) in [5.74, 6) is 1.67. The fourth-order valence-corrected chi connectivity index (χ4v) is 16.9. The second-order valence-corrected chi connectivity index (χ2v) is 25.9. The number of anilines is 7. The van der Waals surface area contributed by atoms with Crippen LogP contribution in [0.5, 0.6) is 0 Å². The summed E-state index contributed by atoms with van der Waals surface area (Å²) in [6.07, 6.45) is 6.56. The van der Waals surface area contributed by atoms with Gasteiger partial charge in [-0.1, -0.05) is 261 Å². The maximum Gasteiger partial charge on any atom is 0.252 e. The lowest BCUT2D eigenvalue weighted by Crippen LogP contribution is -2.62. The Morgan fingerprint density at radius 3 is 0.901 bits per heavy atom. The van der Waals surface area contributed by atoms with Crippen LogP contribution in [0.25, 0.3) is 89.0 Å². The van der Waals surface area contributed by atoms with E-state index in [1.807, 2.05) is 0 Å². The molecule has 6 aliphatic rings. The van der Waals surface area contributed by atoms with E-state index in [4.69, 9.17) is 0 Å². The van der Waals surface area contributed by atoms with Crippen LogP contribution in [0.3, 0.4) is 0 Å². The monoisotopic (exact) mass is 1160 g/mol. The van der Waals surface area contributed by atoms with Crippen LogP contribution in [-0.2, 0) is 0 Å². The van der Waals surface area contributed by atoms with Crippen molar-refractivity contribution in [3.8, 4) is 89.0 Å². The van der Waals surface area contributed by atoms with E-state index < -0.39 is 0 Å². The summed E-state index contributed by atoms with van der Waals surface area (Å²) < 4.78 is 0. The Morgan fingerprint density at radius 2 is 0.538 bits per heavy atom. The molecule has 3 nitrogen and oxygen atoms in total. The summed E-state index contributed by atoms with van der Waals surface area (Å²) in [5.41, 5.74) is 31.0. The highest BCUT2D eigenvalue weighted by Gasteiger charge is 2.49. The Kier molecular flexibility index (Phi) is 13.0. The number of fused-ring (bicyclic) bond motifs is 4. The quantitative estimate of drug-likeness (QED) is 0.120. The van der Waals surface area contributed by atoms with Crippen LogP contribution >= 0.6 is 0 Å². The van der Waals surface area contributed by atoms with Gasteiger partial charge in [-0.2, -0.15) is 0 Å². The molecule has 4 fully saturated rings. The first-order valence-electron chi connectivity index (χ1n) is 32.8. The van der Waals surface area contributed by atoms with E-state index in [1.54, 1.807) is 0 Å². The Labute approximate surface area is 534 Å². The van der Waals surface area contributed by atoms with Gasteiger partial charge < -0.3 is 14.7 Å². The van der Waals surface area contributed by atoms with Gasteiger partial charge >= 0.3 is 0 Å². The van der Waals surface area contributed by atoms with Crippen LogP contribution in [0.2, 0.25) is 0 Å². The van der Waals surface area contributed by atoms with E-state index in [0.29, 0.717) is 12.1 Å². The van der Waals surface area contributed by atoms with Crippen molar-refractivity contribution >= 4 is 62.9 Å². The molecule has 91 heavy (non-hydrogen) atoms. The standard InChI is InChI=1S/C87H66BN3/c1-9-25-60(26-10-1)68-41-43-79-81(54-68)90(86-75(64-33-17-5-18-34-64)50-69(61-27-11-2-12-28-61)51-76(86)65-35-19-6-20-36-65)83-55-71(63-31-15-4-16-32-63)56-84-85(83)88(79)80-44-42-72(89-73-46-58-45-59(48-73)49-74(89)47-58)57-82(80)91(84)87-77(66-37-21-7-22-38-66)52-70(62-29-13-3-14-30-62)53-78(87)67-39-23-8-24-40-67/h1-44,50-59,73-74H,45-49H2. The van der Waals surface area contributed by atoms with Crippen molar-refractivity contribution in [3.63, 3.8) is 0 Å². The fourth-order valence-electron chi connectivity index (χ4n) is 16.9. The third kappa shape index (κ3) is 9.18. The predicted octanol–water partition coefficient (Wildman–Crippen LogP) is 20.9. The molecule has 0 unspecified atom stereocenters. The molecule has 0 amide bonds. The van der Waals surface area contributed by atoms with Crippen molar-refractivity contribution in [3.05, 3.63) is 315 Å². The minimum atomic E-state index is -0.146. The molecule has 19 rings (SSSR count). The van der Waals surface area contributed by atoms with E-state index in [9.17, 15) is 0 Å². The van der Waals surface area contributed by atoms with Crippen LogP contribution in [0.1, 0.15) is 32.1 Å². The molecule has 0 radical (unpaired) electrons. The fraction of sp³-hybridized carbons (Fsp3) is 0.103. The molecule has 0 atom stereocenters. The van der Waals surface area contributed by atoms with Gasteiger partial charge in [0, 0.05) is 62.8 Å². The van der Waals surface area contributed by atoms with Gasteiger partial charge in [-0.05, 0) is 182 Å². The average molecular weight is 1160 g/mol. The number of piperidine rings is 2. The third-order valence-corrected chi connectivity index (χ3v) is 20.7. The highest BCUT2D eigenvalue weighted by molar-refractivity contribution is 7.00. The second kappa shape index (κ2) is 22.1. The van der Waals surface area contributed by atoms with E-state index in [-0.39, 0.29) is 6.71 Å². The van der Waals surface area contributed by atoms with Gasteiger partial charge in [0.1, 0.15) is 0 Å². The van der Waals surface area contributed by atoms with Gasteiger partial charge in [-0.15, -0.1) is 0 Å². The van der Waals surface area contributed by atoms with Crippen molar-refractivity contribution in [2.24, 2.45) is 11.8 Å². The summed E-state index contributed by atoms with van der Waals surface area (Å²) in [5, 5.41) is 0. The molecular weight excluding hydrogens is 1100 g/mol. The summed E-state index contributed by atoms with van der Waals surface area (Å²) in [7, 11) is 0. The van der Waals surface area contributed by atoms with Crippen LogP contribution in [0.15, 0.2) is 315 Å².